The summed E-state index contributed by atoms with van der Waals surface area (Å²) >= 11 is 3.51. The van der Waals surface area contributed by atoms with Crippen LogP contribution in [-0.2, 0) is 19.3 Å². The Morgan fingerprint density at radius 1 is 1.27 bits per heavy atom. The Morgan fingerprint density at radius 2 is 2.10 bits per heavy atom. The van der Waals surface area contributed by atoms with Gasteiger partial charge < -0.3 is 15.0 Å². The van der Waals surface area contributed by atoms with E-state index in [9.17, 15) is 4.79 Å². The molecule has 0 aromatic carbocycles. The topological polar surface area (TPSA) is 85.2 Å². The summed E-state index contributed by atoms with van der Waals surface area (Å²) in [5, 5.41) is 6.50. The highest BCUT2D eigenvalue weighted by Crippen LogP contribution is 2.18. The molecule has 0 aliphatic heterocycles. The second-order valence-electron chi connectivity index (χ2n) is 6.90. The standard InChI is InChI=1S/C20H26N6O2S2/c1-25(2)11-18-24-15(13-30-18)12-29-8-7-21-20-23-10-16(19(27)26(20)3)14-5-6-17(28-4)22-9-14/h5-6,9-10,13H,7-8,11-12H2,1-4H3,(H,21,23). The lowest BCUT2D eigenvalue weighted by molar-refractivity contribution is 0.398. The number of hydrogen-bond donors (Lipinski definition) is 1. The largest absolute Gasteiger partial charge is 0.481 e. The first-order valence-electron chi connectivity index (χ1n) is 9.44. The lowest BCUT2D eigenvalue weighted by Gasteiger charge is -2.11. The molecular formula is C20H26N6O2S2. The van der Waals surface area contributed by atoms with Crippen LogP contribution in [0.25, 0.3) is 11.1 Å². The summed E-state index contributed by atoms with van der Waals surface area (Å²) in [4.78, 5) is 28.0. The van der Waals surface area contributed by atoms with Crippen LogP contribution in [0.2, 0.25) is 0 Å². The normalized spacial score (nSPS) is 11.1. The molecule has 3 aromatic heterocycles. The number of ether oxygens (including phenoxy) is 1. The predicted octanol–water partition coefficient (Wildman–Crippen LogP) is 2.71. The third-order valence-electron chi connectivity index (χ3n) is 4.26. The number of aromatic nitrogens is 4. The molecule has 0 radical (unpaired) electrons. The average molecular weight is 447 g/mol. The maximum absolute atomic E-state index is 12.7. The van der Waals surface area contributed by atoms with Gasteiger partial charge in [0.05, 0.1) is 18.4 Å². The number of nitrogens with one attached hydrogen (secondary N) is 1. The molecule has 0 amide bonds. The molecular weight excluding hydrogens is 420 g/mol. The van der Waals surface area contributed by atoms with Crippen molar-refractivity contribution in [3.8, 4) is 17.0 Å². The summed E-state index contributed by atoms with van der Waals surface area (Å²) in [6, 6.07) is 3.53. The molecule has 0 spiro atoms. The second-order valence-corrected chi connectivity index (χ2v) is 8.95. The monoisotopic (exact) mass is 446 g/mol. The van der Waals surface area contributed by atoms with E-state index in [2.05, 4.69) is 30.5 Å². The van der Waals surface area contributed by atoms with Crippen LogP contribution in [0.1, 0.15) is 10.7 Å². The zero-order valence-corrected chi connectivity index (χ0v) is 19.2. The SMILES string of the molecule is COc1ccc(-c2cnc(NCCSCc3csc(CN(C)C)n3)n(C)c2=O)cn1. The summed E-state index contributed by atoms with van der Waals surface area (Å²) in [5.41, 5.74) is 2.21. The van der Waals surface area contributed by atoms with Gasteiger partial charge in [-0.15, -0.1) is 11.3 Å². The molecule has 10 heteroatoms. The van der Waals surface area contributed by atoms with Gasteiger partial charge in [-0.3, -0.25) is 9.36 Å². The van der Waals surface area contributed by atoms with E-state index in [1.165, 1.54) is 4.57 Å². The maximum Gasteiger partial charge on any atom is 0.262 e. The fourth-order valence-electron chi connectivity index (χ4n) is 2.74. The molecule has 0 bridgehead atoms. The van der Waals surface area contributed by atoms with Crippen molar-refractivity contribution in [2.45, 2.75) is 12.3 Å². The Kier molecular flexibility index (Phi) is 7.83. The van der Waals surface area contributed by atoms with Crippen LogP contribution in [0.5, 0.6) is 5.88 Å². The lowest BCUT2D eigenvalue weighted by Crippen LogP contribution is -2.24. The predicted molar refractivity (Wildman–Crippen MR) is 123 cm³/mol. The highest BCUT2D eigenvalue weighted by atomic mass is 32.2. The quantitative estimate of drug-likeness (QED) is 0.476. The Bertz CT molecular complexity index is 1020. The number of methoxy groups -OCH3 is 1. The van der Waals surface area contributed by atoms with E-state index in [0.29, 0.717) is 29.5 Å². The molecule has 160 valence electrons. The van der Waals surface area contributed by atoms with Gasteiger partial charge in [0.1, 0.15) is 5.01 Å². The molecule has 0 unspecified atom stereocenters. The Balaban J connectivity index is 1.51. The molecule has 0 saturated heterocycles. The van der Waals surface area contributed by atoms with E-state index in [4.69, 9.17) is 4.74 Å². The zero-order chi connectivity index (χ0) is 21.5. The summed E-state index contributed by atoms with van der Waals surface area (Å²) in [6.07, 6.45) is 3.20. The number of anilines is 1. The third-order valence-corrected chi connectivity index (χ3v) is 6.13. The van der Waals surface area contributed by atoms with Crippen molar-refractivity contribution in [1.82, 2.24) is 24.4 Å². The van der Waals surface area contributed by atoms with Gasteiger partial charge in [0.2, 0.25) is 11.8 Å². The van der Waals surface area contributed by atoms with Crippen molar-refractivity contribution in [2.24, 2.45) is 7.05 Å². The van der Waals surface area contributed by atoms with Crippen LogP contribution in [0.4, 0.5) is 5.95 Å². The van der Waals surface area contributed by atoms with Gasteiger partial charge >= 0.3 is 0 Å². The van der Waals surface area contributed by atoms with Crippen molar-refractivity contribution in [3.63, 3.8) is 0 Å². The lowest BCUT2D eigenvalue weighted by atomic mass is 10.1. The van der Waals surface area contributed by atoms with Crippen LogP contribution in [0, 0.1) is 0 Å². The van der Waals surface area contributed by atoms with Crippen molar-refractivity contribution < 1.29 is 4.74 Å². The van der Waals surface area contributed by atoms with Crippen molar-refractivity contribution in [2.75, 3.05) is 38.8 Å². The first kappa shape index (κ1) is 22.3. The molecule has 3 aromatic rings. The maximum atomic E-state index is 12.7. The van der Waals surface area contributed by atoms with Gasteiger partial charge in [0, 0.05) is 61.0 Å². The van der Waals surface area contributed by atoms with Gasteiger partial charge in [0.25, 0.3) is 5.56 Å². The number of nitrogens with zero attached hydrogens (tertiary/aromatic N) is 5. The minimum atomic E-state index is -0.122. The van der Waals surface area contributed by atoms with Gasteiger partial charge in [-0.2, -0.15) is 11.8 Å². The molecule has 30 heavy (non-hydrogen) atoms. The van der Waals surface area contributed by atoms with Crippen LogP contribution in [-0.4, -0.2) is 57.9 Å². The Morgan fingerprint density at radius 3 is 2.80 bits per heavy atom. The number of pyridine rings is 1. The molecule has 0 aliphatic carbocycles. The van der Waals surface area contributed by atoms with Crippen LogP contribution in [0.3, 0.4) is 0 Å². The van der Waals surface area contributed by atoms with E-state index in [0.717, 1.165) is 28.8 Å². The molecule has 0 aliphatic rings. The smallest absolute Gasteiger partial charge is 0.262 e. The van der Waals surface area contributed by atoms with Gasteiger partial charge in [-0.05, 0) is 20.2 Å². The average Bonchev–Trinajstić information content (AvgIpc) is 3.17. The van der Waals surface area contributed by atoms with Gasteiger partial charge in [-0.1, -0.05) is 0 Å². The summed E-state index contributed by atoms with van der Waals surface area (Å²) in [6.45, 7) is 1.59. The number of hydrogen-bond acceptors (Lipinski definition) is 9. The molecule has 0 fully saturated rings. The fraction of sp³-hybridized carbons (Fsp3) is 0.400. The molecule has 8 nitrogen and oxygen atoms in total. The molecule has 3 rings (SSSR count). The summed E-state index contributed by atoms with van der Waals surface area (Å²) in [7, 11) is 7.36. The van der Waals surface area contributed by atoms with E-state index in [-0.39, 0.29) is 5.56 Å². The zero-order valence-electron chi connectivity index (χ0n) is 17.6. The minimum Gasteiger partial charge on any atom is -0.481 e. The molecule has 3 heterocycles. The number of rotatable bonds is 10. The van der Waals surface area contributed by atoms with Gasteiger partial charge in [0.15, 0.2) is 0 Å². The van der Waals surface area contributed by atoms with Crippen molar-refractivity contribution in [1.29, 1.82) is 0 Å². The third kappa shape index (κ3) is 5.80. The van der Waals surface area contributed by atoms with Gasteiger partial charge in [-0.25, -0.2) is 15.0 Å². The first-order chi connectivity index (χ1) is 14.5. The summed E-state index contributed by atoms with van der Waals surface area (Å²) < 4.78 is 6.59. The van der Waals surface area contributed by atoms with E-state index in [1.807, 2.05) is 14.1 Å². The number of thioether (sulfide) groups is 1. The van der Waals surface area contributed by atoms with E-state index < -0.39 is 0 Å². The van der Waals surface area contributed by atoms with Crippen molar-refractivity contribution >= 4 is 29.0 Å². The first-order valence-corrected chi connectivity index (χ1v) is 11.5. The van der Waals surface area contributed by atoms with Crippen LogP contribution < -0.4 is 15.6 Å². The Hall–Kier alpha value is -2.43. The molecule has 0 atom stereocenters. The van der Waals surface area contributed by atoms with E-state index >= 15 is 0 Å². The highest BCUT2D eigenvalue weighted by molar-refractivity contribution is 7.98. The highest BCUT2D eigenvalue weighted by Gasteiger charge is 2.10. The molecule has 0 saturated carbocycles. The fourth-order valence-corrected chi connectivity index (χ4v) is 4.50. The second kappa shape index (κ2) is 10.6. The van der Waals surface area contributed by atoms with E-state index in [1.54, 1.807) is 61.8 Å². The number of thiazole rings is 1. The Labute approximate surface area is 184 Å². The van der Waals surface area contributed by atoms with Crippen molar-refractivity contribution in [3.05, 3.63) is 51.0 Å². The minimum absolute atomic E-state index is 0.122. The summed E-state index contributed by atoms with van der Waals surface area (Å²) in [5.74, 6) is 2.82. The molecule has 1 N–H and O–H groups in total. The van der Waals surface area contributed by atoms with Crippen LogP contribution in [0.15, 0.2) is 34.7 Å². The van der Waals surface area contributed by atoms with Crippen LogP contribution >= 0.6 is 23.1 Å².